The van der Waals surface area contributed by atoms with Crippen molar-refractivity contribution in [2.75, 3.05) is 52.8 Å². The number of nitrogens with one attached hydrogen (secondary N) is 1. The molecule has 0 saturated heterocycles. The van der Waals surface area contributed by atoms with Crippen LogP contribution in [0.25, 0.3) is 0 Å². The van der Waals surface area contributed by atoms with E-state index in [-0.39, 0.29) is 0 Å². The minimum Gasteiger partial charge on any atom is -0.481 e. The lowest BCUT2D eigenvalue weighted by molar-refractivity contribution is 0.126. The lowest BCUT2D eigenvalue weighted by Crippen LogP contribution is -2.20. The maximum absolute atomic E-state index is 5.44. The average Bonchev–Trinajstić information content (AvgIpc) is 2.33. The summed E-state index contributed by atoms with van der Waals surface area (Å²) >= 11 is 0. The van der Waals surface area contributed by atoms with Gasteiger partial charge >= 0.3 is 0 Å². The summed E-state index contributed by atoms with van der Waals surface area (Å²) in [4.78, 5) is 10.1. The largest absolute Gasteiger partial charge is 0.481 e. The van der Waals surface area contributed by atoms with Crippen LogP contribution in [0.15, 0.2) is 12.4 Å². The van der Waals surface area contributed by atoms with Crippen molar-refractivity contribution < 1.29 is 9.47 Å². The quantitative estimate of drug-likeness (QED) is 0.667. The molecule has 0 saturated carbocycles. The van der Waals surface area contributed by atoms with Gasteiger partial charge in [-0.05, 0) is 14.1 Å². The van der Waals surface area contributed by atoms with E-state index in [4.69, 9.17) is 9.47 Å². The second-order valence-corrected chi connectivity index (χ2v) is 3.79. The van der Waals surface area contributed by atoms with Crippen LogP contribution < -0.4 is 10.1 Å². The molecule has 17 heavy (non-hydrogen) atoms. The molecule has 0 fully saturated rings. The number of hydrogen-bond acceptors (Lipinski definition) is 6. The number of methoxy groups -OCH3 is 1. The van der Waals surface area contributed by atoms with Crippen molar-refractivity contribution in [2.24, 2.45) is 0 Å². The molecule has 0 bridgehead atoms. The molecular formula is C11H20N4O2. The predicted molar refractivity (Wildman–Crippen MR) is 66.4 cm³/mol. The van der Waals surface area contributed by atoms with Crippen LogP contribution in [0.4, 0.5) is 5.82 Å². The standard InChI is InChI=1S/C11H20N4O2/c1-15(2)5-7-17-6-4-12-10-8-11(16-3)14-9-13-10/h8-9H,4-7H2,1-3H3,(H,12,13,14). The topological polar surface area (TPSA) is 59.5 Å². The molecule has 1 N–H and O–H groups in total. The zero-order chi connectivity index (χ0) is 12.5. The van der Waals surface area contributed by atoms with E-state index < -0.39 is 0 Å². The van der Waals surface area contributed by atoms with E-state index in [1.54, 1.807) is 13.2 Å². The molecule has 0 unspecified atom stereocenters. The zero-order valence-corrected chi connectivity index (χ0v) is 10.6. The molecule has 0 spiro atoms. The van der Waals surface area contributed by atoms with Gasteiger partial charge in [-0.15, -0.1) is 0 Å². The molecule has 96 valence electrons. The van der Waals surface area contributed by atoms with Crippen molar-refractivity contribution in [3.05, 3.63) is 12.4 Å². The predicted octanol–water partition coefficient (Wildman–Crippen LogP) is 0.475. The van der Waals surface area contributed by atoms with Gasteiger partial charge in [0, 0.05) is 19.2 Å². The van der Waals surface area contributed by atoms with E-state index in [2.05, 4.69) is 20.2 Å². The Balaban J connectivity index is 2.13. The number of anilines is 1. The summed E-state index contributed by atoms with van der Waals surface area (Å²) in [5.41, 5.74) is 0. The van der Waals surface area contributed by atoms with Gasteiger partial charge in [0.05, 0.1) is 20.3 Å². The lowest BCUT2D eigenvalue weighted by Gasteiger charge is -2.10. The SMILES string of the molecule is COc1cc(NCCOCCN(C)C)ncn1. The molecule has 0 aliphatic carbocycles. The summed E-state index contributed by atoms with van der Waals surface area (Å²) in [7, 11) is 5.63. The van der Waals surface area contributed by atoms with Crippen LogP contribution >= 0.6 is 0 Å². The van der Waals surface area contributed by atoms with Crippen LogP contribution in [-0.4, -0.2) is 62.4 Å². The number of ether oxygens (including phenoxy) is 2. The summed E-state index contributed by atoms with van der Waals surface area (Å²) in [6.45, 7) is 3.04. The normalized spacial score (nSPS) is 10.6. The fraction of sp³-hybridized carbons (Fsp3) is 0.636. The van der Waals surface area contributed by atoms with E-state index in [1.807, 2.05) is 14.1 Å². The number of nitrogens with zero attached hydrogens (tertiary/aromatic N) is 3. The average molecular weight is 240 g/mol. The maximum atomic E-state index is 5.44. The highest BCUT2D eigenvalue weighted by Gasteiger charge is 1.97. The Labute approximate surface area is 102 Å². The van der Waals surface area contributed by atoms with Crippen molar-refractivity contribution in [3.63, 3.8) is 0 Å². The van der Waals surface area contributed by atoms with Crippen molar-refractivity contribution >= 4 is 5.82 Å². The van der Waals surface area contributed by atoms with Crippen LogP contribution in [0, 0.1) is 0 Å². The molecule has 1 aromatic rings. The molecule has 1 rings (SSSR count). The smallest absolute Gasteiger partial charge is 0.218 e. The Bertz CT molecular complexity index is 320. The van der Waals surface area contributed by atoms with Gasteiger partial charge in [-0.1, -0.05) is 0 Å². The highest BCUT2D eigenvalue weighted by Crippen LogP contribution is 2.09. The third kappa shape index (κ3) is 6.03. The van der Waals surface area contributed by atoms with Gasteiger partial charge in [0.25, 0.3) is 0 Å². The van der Waals surface area contributed by atoms with E-state index in [0.717, 1.165) is 19.0 Å². The van der Waals surface area contributed by atoms with Gasteiger partial charge in [-0.2, -0.15) is 0 Å². The maximum Gasteiger partial charge on any atom is 0.218 e. The fourth-order valence-corrected chi connectivity index (χ4v) is 1.15. The summed E-state index contributed by atoms with van der Waals surface area (Å²) in [5, 5.41) is 3.14. The highest BCUT2D eigenvalue weighted by molar-refractivity contribution is 5.36. The molecule has 0 atom stereocenters. The van der Waals surface area contributed by atoms with Gasteiger partial charge in [0.1, 0.15) is 12.1 Å². The van der Waals surface area contributed by atoms with Crippen LogP contribution in [-0.2, 0) is 4.74 Å². The third-order valence-corrected chi connectivity index (χ3v) is 2.09. The minimum atomic E-state index is 0.552. The Morgan fingerprint density at radius 3 is 2.82 bits per heavy atom. The Morgan fingerprint density at radius 1 is 1.29 bits per heavy atom. The Hall–Kier alpha value is -1.40. The number of hydrogen-bond donors (Lipinski definition) is 1. The first-order chi connectivity index (χ1) is 8.22. The highest BCUT2D eigenvalue weighted by atomic mass is 16.5. The summed E-state index contributed by atoms with van der Waals surface area (Å²) in [6, 6.07) is 1.75. The van der Waals surface area contributed by atoms with Crippen LogP contribution in [0.3, 0.4) is 0 Å². The molecule has 0 aliphatic heterocycles. The first-order valence-electron chi connectivity index (χ1n) is 5.54. The Morgan fingerprint density at radius 2 is 2.12 bits per heavy atom. The number of aromatic nitrogens is 2. The second kappa shape index (κ2) is 7.81. The first kappa shape index (κ1) is 13.7. The van der Waals surface area contributed by atoms with E-state index in [1.165, 1.54) is 6.33 Å². The van der Waals surface area contributed by atoms with Gasteiger partial charge in [0.15, 0.2) is 0 Å². The summed E-state index contributed by atoms with van der Waals surface area (Å²) in [6.07, 6.45) is 1.47. The van der Waals surface area contributed by atoms with Crippen molar-refractivity contribution in [1.82, 2.24) is 14.9 Å². The fourth-order valence-electron chi connectivity index (χ4n) is 1.15. The molecule has 1 aromatic heterocycles. The van der Waals surface area contributed by atoms with Crippen LogP contribution in [0.2, 0.25) is 0 Å². The molecule has 0 aliphatic rings. The molecule has 6 nitrogen and oxygen atoms in total. The zero-order valence-electron chi connectivity index (χ0n) is 10.6. The summed E-state index contributed by atoms with van der Waals surface area (Å²) in [5.74, 6) is 1.30. The van der Waals surface area contributed by atoms with E-state index >= 15 is 0 Å². The second-order valence-electron chi connectivity index (χ2n) is 3.79. The summed E-state index contributed by atoms with van der Waals surface area (Å²) < 4.78 is 10.4. The van der Waals surface area contributed by atoms with Crippen LogP contribution in [0.5, 0.6) is 5.88 Å². The number of likely N-dealkylation sites (N-methyl/N-ethyl adjacent to an activating group) is 1. The van der Waals surface area contributed by atoms with Crippen molar-refractivity contribution in [1.29, 1.82) is 0 Å². The molecule has 0 radical (unpaired) electrons. The van der Waals surface area contributed by atoms with Gasteiger partial charge in [-0.3, -0.25) is 0 Å². The van der Waals surface area contributed by atoms with Gasteiger partial charge < -0.3 is 19.7 Å². The van der Waals surface area contributed by atoms with E-state index in [9.17, 15) is 0 Å². The van der Waals surface area contributed by atoms with Crippen LogP contribution in [0.1, 0.15) is 0 Å². The van der Waals surface area contributed by atoms with Crippen molar-refractivity contribution in [2.45, 2.75) is 0 Å². The van der Waals surface area contributed by atoms with Crippen molar-refractivity contribution in [3.8, 4) is 5.88 Å². The first-order valence-corrected chi connectivity index (χ1v) is 5.54. The van der Waals surface area contributed by atoms with Gasteiger partial charge in [-0.25, -0.2) is 9.97 Å². The molecular weight excluding hydrogens is 220 g/mol. The molecule has 0 amide bonds. The molecule has 6 heteroatoms. The third-order valence-electron chi connectivity index (χ3n) is 2.09. The molecule has 1 heterocycles. The monoisotopic (exact) mass is 240 g/mol. The lowest BCUT2D eigenvalue weighted by atomic mass is 10.5. The number of rotatable bonds is 8. The van der Waals surface area contributed by atoms with E-state index in [0.29, 0.717) is 19.0 Å². The van der Waals surface area contributed by atoms with Gasteiger partial charge in [0.2, 0.25) is 5.88 Å². The molecule has 0 aromatic carbocycles. The Kier molecular flexibility index (Phi) is 6.27. The minimum absolute atomic E-state index is 0.552.